The van der Waals surface area contributed by atoms with Gasteiger partial charge in [-0.15, -0.1) is 0 Å². The van der Waals surface area contributed by atoms with E-state index in [4.69, 9.17) is 4.84 Å². The molecule has 1 aromatic rings. The maximum absolute atomic E-state index is 4.82. The van der Waals surface area contributed by atoms with Crippen LogP contribution in [0.4, 0.5) is 5.95 Å². The summed E-state index contributed by atoms with van der Waals surface area (Å²) in [6, 6.07) is 0. The van der Waals surface area contributed by atoms with E-state index < -0.39 is 0 Å². The number of aromatic nitrogens is 3. The van der Waals surface area contributed by atoms with Crippen LogP contribution >= 0.6 is 0 Å². The minimum atomic E-state index is 0.498. The average molecular weight is 140 g/mol. The number of hydrogen-bond acceptors (Lipinski definition) is 5. The van der Waals surface area contributed by atoms with Crippen LogP contribution in [-0.2, 0) is 4.84 Å². The van der Waals surface area contributed by atoms with E-state index in [1.54, 1.807) is 14.2 Å². The highest BCUT2D eigenvalue weighted by Gasteiger charge is 1.98. The molecule has 0 aliphatic rings. The SMILES string of the molecule is CON(C)c1ncncn1. The Morgan fingerprint density at radius 2 is 2.00 bits per heavy atom. The van der Waals surface area contributed by atoms with Crippen molar-refractivity contribution < 1.29 is 4.84 Å². The van der Waals surface area contributed by atoms with E-state index >= 15 is 0 Å². The predicted molar refractivity (Wildman–Crippen MR) is 35.2 cm³/mol. The third-order valence-corrected chi connectivity index (χ3v) is 1.04. The van der Waals surface area contributed by atoms with Gasteiger partial charge >= 0.3 is 0 Å². The largest absolute Gasteiger partial charge is 0.274 e. The molecule has 0 amide bonds. The highest BCUT2D eigenvalue weighted by molar-refractivity contribution is 5.19. The fraction of sp³-hybridized carbons (Fsp3) is 0.400. The summed E-state index contributed by atoms with van der Waals surface area (Å²) >= 11 is 0. The van der Waals surface area contributed by atoms with Gasteiger partial charge in [0.2, 0.25) is 0 Å². The van der Waals surface area contributed by atoms with Crippen molar-refractivity contribution in [3.8, 4) is 0 Å². The summed E-state index contributed by atoms with van der Waals surface area (Å²) in [7, 11) is 3.26. The maximum atomic E-state index is 4.82. The van der Waals surface area contributed by atoms with E-state index in [1.807, 2.05) is 0 Å². The maximum Gasteiger partial charge on any atom is 0.252 e. The van der Waals surface area contributed by atoms with Gasteiger partial charge in [-0.25, -0.2) is 10.0 Å². The predicted octanol–water partition coefficient (Wildman–Crippen LogP) is -0.131. The lowest BCUT2D eigenvalue weighted by Gasteiger charge is -2.11. The molecule has 0 saturated heterocycles. The van der Waals surface area contributed by atoms with Crippen LogP contribution in [0.25, 0.3) is 0 Å². The zero-order chi connectivity index (χ0) is 7.40. The third kappa shape index (κ3) is 1.38. The van der Waals surface area contributed by atoms with Crippen molar-refractivity contribution in [2.24, 2.45) is 0 Å². The van der Waals surface area contributed by atoms with Crippen molar-refractivity contribution >= 4 is 5.95 Å². The first-order valence-electron chi connectivity index (χ1n) is 2.74. The van der Waals surface area contributed by atoms with E-state index in [2.05, 4.69) is 15.0 Å². The van der Waals surface area contributed by atoms with Gasteiger partial charge in [0.05, 0.1) is 7.11 Å². The van der Waals surface area contributed by atoms with Gasteiger partial charge in [-0.05, 0) is 0 Å². The number of rotatable bonds is 2. The molecule has 0 atom stereocenters. The monoisotopic (exact) mass is 140 g/mol. The molecule has 0 radical (unpaired) electrons. The molecule has 1 heterocycles. The summed E-state index contributed by atoms with van der Waals surface area (Å²) < 4.78 is 0. The van der Waals surface area contributed by atoms with Gasteiger partial charge in [0, 0.05) is 7.05 Å². The molecule has 0 spiro atoms. The fourth-order valence-corrected chi connectivity index (χ4v) is 0.477. The molecule has 54 valence electrons. The quantitative estimate of drug-likeness (QED) is 0.535. The molecule has 5 nitrogen and oxygen atoms in total. The summed E-state index contributed by atoms with van der Waals surface area (Å²) in [5, 5.41) is 1.45. The van der Waals surface area contributed by atoms with Crippen molar-refractivity contribution in [3.05, 3.63) is 12.7 Å². The second-order valence-corrected chi connectivity index (χ2v) is 1.62. The Hall–Kier alpha value is -1.23. The van der Waals surface area contributed by atoms with Gasteiger partial charge in [-0.2, -0.15) is 9.97 Å². The Morgan fingerprint density at radius 3 is 2.50 bits per heavy atom. The van der Waals surface area contributed by atoms with Gasteiger partial charge in [0.1, 0.15) is 12.7 Å². The van der Waals surface area contributed by atoms with Crippen molar-refractivity contribution in [3.63, 3.8) is 0 Å². The Labute approximate surface area is 58.6 Å². The smallest absolute Gasteiger partial charge is 0.252 e. The molecule has 10 heavy (non-hydrogen) atoms. The first-order chi connectivity index (χ1) is 4.84. The van der Waals surface area contributed by atoms with Crippen molar-refractivity contribution in [2.75, 3.05) is 19.2 Å². The summed E-state index contributed by atoms with van der Waals surface area (Å²) in [4.78, 5) is 16.1. The summed E-state index contributed by atoms with van der Waals surface area (Å²) in [6.07, 6.45) is 2.83. The van der Waals surface area contributed by atoms with Crippen LogP contribution in [0.2, 0.25) is 0 Å². The van der Waals surface area contributed by atoms with Crippen molar-refractivity contribution in [1.82, 2.24) is 15.0 Å². The Kier molecular flexibility index (Phi) is 2.11. The average Bonchev–Trinajstić information content (AvgIpc) is 2.05. The lowest BCUT2D eigenvalue weighted by molar-refractivity contribution is 0.180. The molecule has 5 heteroatoms. The van der Waals surface area contributed by atoms with Gasteiger partial charge in [0.15, 0.2) is 0 Å². The minimum Gasteiger partial charge on any atom is -0.274 e. The van der Waals surface area contributed by atoms with E-state index in [-0.39, 0.29) is 0 Å². The molecule has 0 aliphatic heterocycles. The highest BCUT2D eigenvalue weighted by Crippen LogP contribution is 1.98. The topological polar surface area (TPSA) is 51.1 Å². The normalized spacial score (nSPS) is 9.40. The molecule has 0 aromatic carbocycles. The number of nitrogens with zero attached hydrogens (tertiary/aromatic N) is 4. The van der Waals surface area contributed by atoms with E-state index in [1.165, 1.54) is 17.7 Å². The molecule has 0 fully saturated rings. The molecule has 0 N–H and O–H groups in total. The molecule has 0 aliphatic carbocycles. The molecule has 1 rings (SSSR count). The zero-order valence-corrected chi connectivity index (χ0v) is 5.85. The van der Waals surface area contributed by atoms with Crippen LogP contribution in [0.3, 0.4) is 0 Å². The summed E-state index contributed by atoms with van der Waals surface area (Å²) in [6.45, 7) is 0. The molecular weight excluding hydrogens is 132 g/mol. The molecular formula is C5H8N4O. The van der Waals surface area contributed by atoms with E-state index in [0.717, 1.165) is 0 Å². The first-order valence-corrected chi connectivity index (χ1v) is 2.74. The Balaban J connectivity index is 2.75. The summed E-state index contributed by atoms with van der Waals surface area (Å²) in [5.41, 5.74) is 0. The second-order valence-electron chi connectivity index (χ2n) is 1.62. The van der Waals surface area contributed by atoms with E-state index in [0.29, 0.717) is 5.95 Å². The molecule has 1 aromatic heterocycles. The van der Waals surface area contributed by atoms with Crippen LogP contribution in [0.5, 0.6) is 0 Å². The Morgan fingerprint density at radius 1 is 1.40 bits per heavy atom. The van der Waals surface area contributed by atoms with Crippen LogP contribution in [-0.4, -0.2) is 29.1 Å². The molecule has 0 bridgehead atoms. The lowest BCUT2D eigenvalue weighted by atomic mass is 10.9. The Bertz CT molecular complexity index is 190. The van der Waals surface area contributed by atoms with Crippen LogP contribution in [0, 0.1) is 0 Å². The standard InChI is InChI=1S/C5H8N4O/c1-9(10-2)5-7-3-6-4-8-5/h3-4H,1-2H3. The number of anilines is 1. The van der Waals surface area contributed by atoms with E-state index in [9.17, 15) is 0 Å². The second kappa shape index (κ2) is 3.07. The molecule has 0 saturated carbocycles. The summed E-state index contributed by atoms with van der Waals surface area (Å²) in [5.74, 6) is 0.498. The van der Waals surface area contributed by atoms with Crippen LogP contribution in [0.1, 0.15) is 0 Å². The number of hydrogen-bond donors (Lipinski definition) is 0. The van der Waals surface area contributed by atoms with Gasteiger partial charge in [-0.1, -0.05) is 0 Å². The van der Waals surface area contributed by atoms with Gasteiger partial charge in [-0.3, -0.25) is 4.84 Å². The third-order valence-electron chi connectivity index (χ3n) is 1.04. The lowest BCUT2D eigenvalue weighted by Crippen LogP contribution is -2.17. The van der Waals surface area contributed by atoms with Crippen molar-refractivity contribution in [1.29, 1.82) is 0 Å². The highest BCUT2D eigenvalue weighted by atomic mass is 16.7. The van der Waals surface area contributed by atoms with Gasteiger partial charge in [0.25, 0.3) is 5.95 Å². The fourth-order valence-electron chi connectivity index (χ4n) is 0.477. The van der Waals surface area contributed by atoms with Crippen LogP contribution in [0.15, 0.2) is 12.7 Å². The minimum absolute atomic E-state index is 0.498. The molecule has 0 unspecified atom stereocenters. The zero-order valence-electron chi connectivity index (χ0n) is 5.85. The number of hydroxylamine groups is 1. The first kappa shape index (κ1) is 6.88. The van der Waals surface area contributed by atoms with Gasteiger partial charge < -0.3 is 0 Å². The van der Waals surface area contributed by atoms with Crippen LogP contribution < -0.4 is 5.06 Å². The van der Waals surface area contributed by atoms with Crippen molar-refractivity contribution in [2.45, 2.75) is 0 Å².